The zero-order chi connectivity index (χ0) is 11.8. The Hall–Kier alpha value is -1.90. The fourth-order valence-corrected chi connectivity index (χ4v) is 1.26. The van der Waals surface area contributed by atoms with Crippen LogP contribution in [0.1, 0.15) is 32.3 Å². The third kappa shape index (κ3) is 3.35. The van der Waals surface area contributed by atoms with Gasteiger partial charge in [0.15, 0.2) is 5.82 Å². The summed E-state index contributed by atoms with van der Waals surface area (Å²) < 4.78 is 0. The summed E-state index contributed by atoms with van der Waals surface area (Å²) in [5.41, 5.74) is 0.414. The fraction of sp³-hybridized carbons (Fsp3) is 0.600. The Bertz CT molecular complexity index is 369. The van der Waals surface area contributed by atoms with Crippen LogP contribution >= 0.6 is 0 Å². The molecule has 0 aromatic carbocycles. The van der Waals surface area contributed by atoms with Crippen molar-refractivity contribution in [1.29, 1.82) is 5.26 Å². The van der Waals surface area contributed by atoms with E-state index in [1.807, 2.05) is 11.1 Å². The first-order valence-corrected chi connectivity index (χ1v) is 5.41. The van der Waals surface area contributed by atoms with Gasteiger partial charge in [0.2, 0.25) is 0 Å². The van der Waals surface area contributed by atoms with E-state index >= 15 is 0 Å². The highest BCUT2D eigenvalue weighted by Gasteiger charge is 2.03. The lowest BCUT2D eigenvalue weighted by Crippen LogP contribution is -2.18. The Morgan fingerprint density at radius 1 is 1.44 bits per heavy atom. The molecule has 0 aliphatic heterocycles. The number of nitrogens with zero attached hydrogens (tertiary/aromatic N) is 5. The maximum Gasteiger partial charge on any atom is 0.190 e. The number of aromatic amines is 1. The third-order valence-corrected chi connectivity index (χ3v) is 1.97. The standard InChI is InChI=1S/C10H16N6/c1-3-5-16(6-4-2)15-14-10-9(7-11)8-12-13-10/h8H,3-6H2,1-2H3,(H,12,13)/b15-14+. The Kier molecular flexibility index (Phi) is 4.99. The SMILES string of the molecule is CCCN(CCC)/N=N/c1[nH]ncc1C#N. The first-order valence-electron chi connectivity index (χ1n) is 5.41. The summed E-state index contributed by atoms with van der Waals surface area (Å²) in [5.74, 6) is 0.416. The molecule has 0 unspecified atom stereocenters. The molecule has 0 aliphatic carbocycles. The molecule has 0 aliphatic rings. The molecule has 1 heterocycles. The molecule has 0 amide bonds. The van der Waals surface area contributed by atoms with Crippen LogP contribution < -0.4 is 0 Å². The van der Waals surface area contributed by atoms with Crippen molar-refractivity contribution in [3.63, 3.8) is 0 Å². The van der Waals surface area contributed by atoms with Gasteiger partial charge in [0.05, 0.1) is 6.20 Å². The molecule has 16 heavy (non-hydrogen) atoms. The van der Waals surface area contributed by atoms with Crippen LogP contribution in [0.4, 0.5) is 5.82 Å². The molecular formula is C10H16N6. The minimum atomic E-state index is 0.414. The number of hydrogen-bond acceptors (Lipinski definition) is 4. The topological polar surface area (TPSA) is 80.4 Å². The van der Waals surface area contributed by atoms with Crippen molar-refractivity contribution in [3.05, 3.63) is 11.8 Å². The normalized spacial score (nSPS) is 10.6. The number of rotatable bonds is 6. The third-order valence-electron chi connectivity index (χ3n) is 1.97. The molecule has 0 bridgehead atoms. The van der Waals surface area contributed by atoms with E-state index in [9.17, 15) is 0 Å². The van der Waals surface area contributed by atoms with Gasteiger partial charge in [0, 0.05) is 13.1 Å². The van der Waals surface area contributed by atoms with Gasteiger partial charge in [-0.1, -0.05) is 19.1 Å². The van der Waals surface area contributed by atoms with Gasteiger partial charge in [-0.25, -0.2) is 0 Å². The summed E-state index contributed by atoms with van der Waals surface area (Å²) in [6.45, 7) is 5.92. The molecule has 1 rings (SSSR count). The Labute approximate surface area is 95.0 Å². The summed E-state index contributed by atoms with van der Waals surface area (Å²) >= 11 is 0. The Morgan fingerprint density at radius 3 is 2.69 bits per heavy atom. The minimum absolute atomic E-state index is 0.414. The summed E-state index contributed by atoms with van der Waals surface area (Å²) in [6.07, 6.45) is 3.48. The molecule has 6 nitrogen and oxygen atoms in total. The predicted octanol–water partition coefficient (Wildman–Crippen LogP) is 2.40. The minimum Gasteiger partial charge on any atom is -0.278 e. The molecule has 0 fully saturated rings. The highest BCUT2D eigenvalue weighted by molar-refractivity contribution is 5.44. The highest BCUT2D eigenvalue weighted by atomic mass is 15.5. The molecular weight excluding hydrogens is 204 g/mol. The molecule has 1 aromatic rings. The second-order valence-corrected chi connectivity index (χ2v) is 3.39. The molecule has 86 valence electrons. The summed E-state index contributed by atoms with van der Waals surface area (Å²) in [4.78, 5) is 0. The van der Waals surface area contributed by atoms with E-state index in [4.69, 9.17) is 5.26 Å². The van der Waals surface area contributed by atoms with E-state index in [0.29, 0.717) is 11.4 Å². The fourth-order valence-electron chi connectivity index (χ4n) is 1.26. The molecule has 1 N–H and O–H groups in total. The second-order valence-electron chi connectivity index (χ2n) is 3.39. The summed E-state index contributed by atoms with van der Waals surface area (Å²) in [7, 11) is 0. The van der Waals surface area contributed by atoms with Crippen LogP contribution in [0.15, 0.2) is 16.5 Å². The maximum absolute atomic E-state index is 8.75. The zero-order valence-corrected chi connectivity index (χ0v) is 9.64. The van der Waals surface area contributed by atoms with Crippen LogP contribution in [0.5, 0.6) is 0 Å². The Morgan fingerprint density at radius 2 is 2.12 bits per heavy atom. The molecule has 0 saturated carbocycles. The van der Waals surface area contributed by atoms with Crippen LogP contribution in [0.3, 0.4) is 0 Å². The Balaban J connectivity index is 2.66. The van der Waals surface area contributed by atoms with Crippen molar-refractivity contribution in [2.75, 3.05) is 13.1 Å². The van der Waals surface area contributed by atoms with E-state index in [2.05, 4.69) is 34.4 Å². The molecule has 1 aromatic heterocycles. The monoisotopic (exact) mass is 220 g/mol. The summed E-state index contributed by atoms with van der Waals surface area (Å²) in [6, 6.07) is 2.00. The van der Waals surface area contributed by atoms with Gasteiger partial charge in [0.1, 0.15) is 11.6 Å². The van der Waals surface area contributed by atoms with Crippen LogP contribution in [-0.2, 0) is 0 Å². The first-order chi connectivity index (χ1) is 7.81. The van der Waals surface area contributed by atoms with Gasteiger partial charge in [0.25, 0.3) is 0 Å². The molecule has 0 radical (unpaired) electrons. The van der Waals surface area contributed by atoms with E-state index in [0.717, 1.165) is 25.9 Å². The zero-order valence-electron chi connectivity index (χ0n) is 9.64. The van der Waals surface area contributed by atoms with Crippen molar-refractivity contribution in [2.24, 2.45) is 10.3 Å². The van der Waals surface area contributed by atoms with Crippen LogP contribution in [0.25, 0.3) is 0 Å². The number of nitriles is 1. The molecule has 0 atom stereocenters. The van der Waals surface area contributed by atoms with Crippen LogP contribution in [0.2, 0.25) is 0 Å². The van der Waals surface area contributed by atoms with Gasteiger partial charge in [-0.15, -0.1) is 5.11 Å². The van der Waals surface area contributed by atoms with Gasteiger partial charge in [-0.3, -0.25) is 10.1 Å². The lowest BCUT2D eigenvalue weighted by atomic mass is 10.4. The molecule has 0 spiro atoms. The number of nitrogens with one attached hydrogen (secondary N) is 1. The summed E-state index contributed by atoms with van der Waals surface area (Å²) in [5, 5.41) is 25.1. The van der Waals surface area contributed by atoms with Crippen molar-refractivity contribution in [1.82, 2.24) is 15.2 Å². The van der Waals surface area contributed by atoms with Crippen molar-refractivity contribution in [3.8, 4) is 6.07 Å². The molecule has 0 saturated heterocycles. The van der Waals surface area contributed by atoms with Crippen LogP contribution in [0, 0.1) is 11.3 Å². The smallest absolute Gasteiger partial charge is 0.190 e. The van der Waals surface area contributed by atoms with E-state index in [1.54, 1.807) is 0 Å². The van der Waals surface area contributed by atoms with E-state index in [1.165, 1.54) is 6.20 Å². The first kappa shape index (κ1) is 12.2. The van der Waals surface area contributed by atoms with Gasteiger partial charge < -0.3 is 0 Å². The van der Waals surface area contributed by atoms with E-state index in [-0.39, 0.29) is 0 Å². The maximum atomic E-state index is 8.75. The van der Waals surface area contributed by atoms with Crippen molar-refractivity contribution >= 4 is 5.82 Å². The van der Waals surface area contributed by atoms with Gasteiger partial charge in [-0.2, -0.15) is 10.4 Å². The van der Waals surface area contributed by atoms with Gasteiger partial charge >= 0.3 is 0 Å². The lowest BCUT2D eigenvalue weighted by molar-refractivity contribution is 0.270. The quantitative estimate of drug-likeness (QED) is 0.590. The van der Waals surface area contributed by atoms with E-state index < -0.39 is 0 Å². The van der Waals surface area contributed by atoms with Crippen molar-refractivity contribution < 1.29 is 0 Å². The number of hydrogen-bond donors (Lipinski definition) is 1. The molecule has 6 heteroatoms. The van der Waals surface area contributed by atoms with Gasteiger partial charge in [-0.05, 0) is 12.8 Å². The number of aromatic nitrogens is 2. The predicted molar refractivity (Wildman–Crippen MR) is 60.0 cm³/mol. The lowest BCUT2D eigenvalue weighted by Gasteiger charge is -2.14. The van der Waals surface area contributed by atoms with Crippen molar-refractivity contribution in [2.45, 2.75) is 26.7 Å². The number of H-pyrrole nitrogens is 1. The highest BCUT2D eigenvalue weighted by Crippen LogP contribution is 2.14. The second kappa shape index (κ2) is 6.56. The van der Waals surface area contributed by atoms with Crippen LogP contribution in [-0.4, -0.2) is 28.3 Å². The largest absolute Gasteiger partial charge is 0.278 e. The average Bonchev–Trinajstić information content (AvgIpc) is 2.74. The average molecular weight is 220 g/mol.